The molecule has 2 nitrogen and oxygen atoms in total. The standard InChI is InChI=1S/C21H18N2/c22-21(19-14-8-3-9-15-19)23-20(18-12-6-2-7-13-18)16-17-10-4-1-5-11-17/h1-16H,(H2,22,23)/b20-16-. The van der Waals surface area contributed by atoms with Crippen LogP contribution < -0.4 is 5.73 Å². The summed E-state index contributed by atoms with van der Waals surface area (Å²) in [4.78, 5) is 4.67. The molecule has 0 saturated carbocycles. The van der Waals surface area contributed by atoms with Crippen LogP contribution in [0.2, 0.25) is 0 Å². The van der Waals surface area contributed by atoms with Gasteiger partial charge in [0, 0.05) is 11.1 Å². The van der Waals surface area contributed by atoms with Gasteiger partial charge in [-0.2, -0.15) is 0 Å². The Morgan fingerprint density at radius 3 is 1.70 bits per heavy atom. The highest BCUT2D eigenvalue weighted by molar-refractivity contribution is 6.02. The molecule has 0 aliphatic carbocycles. The lowest BCUT2D eigenvalue weighted by atomic mass is 10.1. The highest BCUT2D eigenvalue weighted by Gasteiger charge is 2.03. The Balaban J connectivity index is 2.04. The van der Waals surface area contributed by atoms with Crippen molar-refractivity contribution in [2.45, 2.75) is 0 Å². The minimum absolute atomic E-state index is 0.511. The molecular formula is C21H18N2. The van der Waals surface area contributed by atoms with E-state index in [4.69, 9.17) is 5.73 Å². The van der Waals surface area contributed by atoms with Gasteiger partial charge in [0.15, 0.2) is 0 Å². The predicted molar refractivity (Wildman–Crippen MR) is 97.9 cm³/mol. The fourth-order valence-corrected chi connectivity index (χ4v) is 2.30. The molecule has 0 amide bonds. The van der Waals surface area contributed by atoms with Crippen molar-refractivity contribution in [1.82, 2.24) is 0 Å². The molecule has 0 radical (unpaired) electrons. The molecule has 0 aliphatic heterocycles. The normalized spacial score (nSPS) is 12.2. The Morgan fingerprint density at radius 2 is 1.13 bits per heavy atom. The van der Waals surface area contributed by atoms with Crippen LogP contribution in [0.15, 0.2) is 96.0 Å². The number of benzene rings is 3. The largest absolute Gasteiger partial charge is 0.383 e. The molecule has 0 saturated heterocycles. The Bertz CT molecular complexity index is 804. The fourth-order valence-electron chi connectivity index (χ4n) is 2.30. The van der Waals surface area contributed by atoms with E-state index in [0.717, 1.165) is 22.4 Å². The van der Waals surface area contributed by atoms with Crippen LogP contribution in [0.25, 0.3) is 11.8 Å². The van der Waals surface area contributed by atoms with Crippen molar-refractivity contribution in [3.05, 3.63) is 108 Å². The molecule has 0 spiro atoms. The van der Waals surface area contributed by atoms with Gasteiger partial charge in [0.2, 0.25) is 0 Å². The van der Waals surface area contributed by atoms with E-state index in [1.807, 2.05) is 84.9 Å². The molecule has 0 unspecified atom stereocenters. The monoisotopic (exact) mass is 298 g/mol. The lowest BCUT2D eigenvalue weighted by molar-refractivity contribution is 1.46. The van der Waals surface area contributed by atoms with E-state index in [1.165, 1.54) is 0 Å². The first-order chi connectivity index (χ1) is 11.3. The van der Waals surface area contributed by atoms with Gasteiger partial charge in [0.1, 0.15) is 5.84 Å². The third kappa shape index (κ3) is 3.95. The van der Waals surface area contributed by atoms with Crippen molar-refractivity contribution >= 4 is 17.6 Å². The molecule has 0 atom stereocenters. The molecule has 0 aliphatic rings. The van der Waals surface area contributed by atoms with E-state index >= 15 is 0 Å². The van der Waals surface area contributed by atoms with E-state index in [9.17, 15) is 0 Å². The Labute approximate surface area is 136 Å². The lowest BCUT2D eigenvalue weighted by Crippen LogP contribution is -2.13. The van der Waals surface area contributed by atoms with Crippen LogP contribution in [-0.2, 0) is 0 Å². The summed E-state index contributed by atoms with van der Waals surface area (Å²) in [6.07, 6.45) is 2.05. The molecule has 3 aromatic carbocycles. The molecule has 2 N–H and O–H groups in total. The van der Waals surface area contributed by atoms with Crippen molar-refractivity contribution in [1.29, 1.82) is 0 Å². The SMILES string of the molecule is NC(=N/C(=C\c1ccccc1)c1ccccc1)c1ccccc1. The second-order valence-electron chi connectivity index (χ2n) is 5.17. The third-order valence-corrected chi connectivity index (χ3v) is 3.48. The van der Waals surface area contributed by atoms with Crippen LogP contribution in [0.4, 0.5) is 0 Å². The minimum Gasteiger partial charge on any atom is -0.383 e. The highest BCUT2D eigenvalue weighted by atomic mass is 14.9. The van der Waals surface area contributed by atoms with Gasteiger partial charge in [-0.25, -0.2) is 4.99 Å². The van der Waals surface area contributed by atoms with Crippen molar-refractivity contribution in [3.8, 4) is 0 Å². The quantitative estimate of drug-likeness (QED) is 0.427. The fraction of sp³-hybridized carbons (Fsp3) is 0. The first kappa shape index (κ1) is 14.8. The molecular weight excluding hydrogens is 280 g/mol. The van der Waals surface area contributed by atoms with Gasteiger partial charge in [-0.05, 0) is 11.6 Å². The zero-order valence-corrected chi connectivity index (χ0v) is 12.8. The second-order valence-corrected chi connectivity index (χ2v) is 5.17. The van der Waals surface area contributed by atoms with E-state index in [-0.39, 0.29) is 0 Å². The smallest absolute Gasteiger partial charge is 0.131 e. The number of rotatable bonds is 4. The summed E-state index contributed by atoms with van der Waals surface area (Å²) in [6, 6.07) is 30.0. The molecule has 0 aromatic heterocycles. The van der Waals surface area contributed by atoms with Crippen LogP contribution >= 0.6 is 0 Å². The first-order valence-electron chi connectivity index (χ1n) is 7.55. The summed E-state index contributed by atoms with van der Waals surface area (Å²) in [5, 5.41) is 0. The second kappa shape index (κ2) is 7.23. The molecule has 3 rings (SSSR count). The van der Waals surface area contributed by atoms with Crippen molar-refractivity contribution in [3.63, 3.8) is 0 Å². The van der Waals surface area contributed by atoms with Crippen LogP contribution in [-0.4, -0.2) is 5.84 Å². The Morgan fingerprint density at radius 1 is 0.652 bits per heavy atom. The van der Waals surface area contributed by atoms with Gasteiger partial charge in [-0.1, -0.05) is 91.0 Å². The molecule has 0 bridgehead atoms. The maximum atomic E-state index is 6.20. The summed E-state index contributed by atoms with van der Waals surface area (Å²) in [7, 11) is 0. The van der Waals surface area contributed by atoms with Gasteiger partial charge < -0.3 is 5.73 Å². The van der Waals surface area contributed by atoms with Gasteiger partial charge in [0.25, 0.3) is 0 Å². The topological polar surface area (TPSA) is 38.4 Å². The van der Waals surface area contributed by atoms with Gasteiger partial charge in [-0.3, -0.25) is 0 Å². The van der Waals surface area contributed by atoms with Crippen LogP contribution in [0.5, 0.6) is 0 Å². The summed E-state index contributed by atoms with van der Waals surface area (Å²) in [5.41, 5.74) is 10.1. The number of nitrogens with two attached hydrogens (primary N) is 1. The molecule has 0 heterocycles. The minimum atomic E-state index is 0.511. The van der Waals surface area contributed by atoms with Gasteiger partial charge >= 0.3 is 0 Å². The average molecular weight is 298 g/mol. The molecule has 112 valence electrons. The Kier molecular flexibility index (Phi) is 4.65. The molecule has 23 heavy (non-hydrogen) atoms. The number of hydrogen-bond donors (Lipinski definition) is 1. The number of nitrogens with zero attached hydrogens (tertiary/aromatic N) is 1. The Hall–Kier alpha value is -3.13. The maximum absolute atomic E-state index is 6.20. The van der Waals surface area contributed by atoms with Gasteiger partial charge in [0.05, 0.1) is 5.70 Å². The van der Waals surface area contributed by atoms with E-state index in [0.29, 0.717) is 5.84 Å². The van der Waals surface area contributed by atoms with Crippen LogP contribution in [0.1, 0.15) is 16.7 Å². The summed E-state index contributed by atoms with van der Waals surface area (Å²) >= 11 is 0. The highest BCUT2D eigenvalue weighted by Crippen LogP contribution is 2.20. The third-order valence-electron chi connectivity index (χ3n) is 3.48. The maximum Gasteiger partial charge on any atom is 0.131 e. The molecule has 2 heteroatoms. The molecule has 0 fully saturated rings. The molecule has 3 aromatic rings. The number of amidine groups is 1. The summed E-state index contributed by atoms with van der Waals surface area (Å²) < 4.78 is 0. The van der Waals surface area contributed by atoms with Crippen molar-refractivity contribution in [2.24, 2.45) is 10.7 Å². The van der Waals surface area contributed by atoms with E-state index in [1.54, 1.807) is 0 Å². The predicted octanol–water partition coefficient (Wildman–Crippen LogP) is 4.59. The lowest BCUT2D eigenvalue weighted by Gasteiger charge is -2.06. The number of aliphatic imine (C=N–C) groups is 1. The summed E-state index contributed by atoms with van der Waals surface area (Å²) in [5.74, 6) is 0.511. The summed E-state index contributed by atoms with van der Waals surface area (Å²) in [6.45, 7) is 0. The first-order valence-corrected chi connectivity index (χ1v) is 7.55. The van der Waals surface area contributed by atoms with Crippen molar-refractivity contribution < 1.29 is 0 Å². The zero-order valence-electron chi connectivity index (χ0n) is 12.8. The van der Waals surface area contributed by atoms with Gasteiger partial charge in [-0.15, -0.1) is 0 Å². The number of hydrogen-bond acceptors (Lipinski definition) is 1. The van der Waals surface area contributed by atoms with E-state index in [2.05, 4.69) is 17.1 Å². The van der Waals surface area contributed by atoms with E-state index < -0.39 is 0 Å². The van der Waals surface area contributed by atoms with Crippen LogP contribution in [0, 0.1) is 0 Å². The van der Waals surface area contributed by atoms with Crippen LogP contribution in [0.3, 0.4) is 0 Å². The zero-order chi connectivity index (χ0) is 15.9. The average Bonchev–Trinajstić information content (AvgIpc) is 2.63. The van der Waals surface area contributed by atoms with Crippen molar-refractivity contribution in [2.75, 3.05) is 0 Å².